The standard InChI is InChI=1S/C41H51FN6O9/c1-22-36(49)44-23(2)39(52)46(4)30(18-25-9-13-28(55-7)14-10-25)38(51)45-24(3)40(53)48(6)32-20-26-11-15-33(29(42)17-26)57-35-21-27(12-16-34(35)56-8)19-31(37(50)43-22)47(5)41(32)54/h9-10,12-14,16-17,21-24,30-32H,11,15,18-20H2,1-8H3,(H,43,50)(H,44,49)(H,45,51)/t22-,23+,24+,30+,31+,32+/m1/s1. The highest BCUT2D eigenvalue weighted by Crippen LogP contribution is 2.36. The molecule has 6 amide bonds. The van der Waals surface area contributed by atoms with E-state index < -0.39 is 77.5 Å². The van der Waals surface area contributed by atoms with Crippen LogP contribution in [0.25, 0.3) is 0 Å². The molecular weight excluding hydrogens is 739 g/mol. The van der Waals surface area contributed by atoms with Gasteiger partial charge in [0.2, 0.25) is 35.4 Å². The maximum absolute atomic E-state index is 15.6. The number of benzene rings is 2. The van der Waals surface area contributed by atoms with E-state index in [1.165, 1.54) is 76.9 Å². The summed E-state index contributed by atoms with van der Waals surface area (Å²) < 4.78 is 32.4. The molecule has 306 valence electrons. The number of hydrogen-bond acceptors (Lipinski definition) is 9. The first-order valence-electron chi connectivity index (χ1n) is 18.8. The van der Waals surface area contributed by atoms with E-state index in [1.54, 1.807) is 42.5 Å². The first kappa shape index (κ1) is 42.2. The predicted octanol–water partition coefficient (Wildman–Crippen LogP) is 2.18. The van der Waals surface area contributed by atoms with Gasteiger partial charge >= 0.3 is 0 Å². The number of ether oxygens (including phenoxy) is 3. The van der Waals surface area contributed by atoms with Crippen LogP contribution in [0.4, 0.5) is 4.39 Å². The molecular formula is C41H51FN6O9. The van der Waals surface area contributed by atoms with E-state index in [9.17, 15) is 28.8 Å². The fourth-order valence-electron chi connectivity index (χ4n) is 7.16. The fourth-order valence-corrected chi connectivity index (χ4v) is 7.16. The Morgan fingerprint density at radius 2 is 1.32 bits per heavy atom. The van der Waals surface area contributed by atoms with Gasteiger partial charge in [0, 0.05) is 40.4 Å². The molecule has 4 aliphatic rings. The van der Waals surface area contributed by atoms with Crippen LogP contribution in [-0.4, -0.2) is 122 Å². The molecule has 2 aromatic rings. The Balaban J connectivity index is 1.59. The SMILES string of the molecule is COc1ccc(C[C@H]2C(=O)N[C@@H](C)C(=O)N(C)[C@H]3CC4=CC(F)=C(CC4)Oc4cc(ccc4OC)C[C@@H](C(=O)N[C@H](C)C(=O)N[C@@H](C)C(=O)N2C)N(C)C3=O)cc1. The molecule has 6 atom stereocenters. The molecule has 6 rings (SSSR count). The molecule has 0 radical (unpaired) electrons. The number of halogens is 1. The number of rotatable bonds is 4. The lowest BCUT2D eigenvalue weighted by molar-refractivity contribution is -0.149. The summed E-state index contributed by atoms with van der Waals surface area (Å²) in [5.74, 6) is -3.33. The number of nitrogens with zero attached hydrogens (tertiary/aromatic N) is 3. The third-order valence-electron chi connectivity index (χ3n) is 10.8. The lowest BCUT2D eigenvalue weighted by Crippen LogP contribution is -2.61. The molecule has 3 heterocycles. The Hall–Kier alpha value is -5.93. The molecule has 0 aromatic heterocycles. The Bertz CT molecular complexity index is 1970. The fraction of sp³-hybridized carbons (Fsp3) is 0.463. The number of likely N-dealkylation sites (N-methyl/N-ethyl adjacent to an activating group) is 3. The number of fused-ring (bicyclic) bond motifs is 2. The van der Waals surface area contributed by atoms with E-state index >= 15 is 4.39 Å². The van der Waals surface area contributed by atoms with Crippen molar-refractivity contribution in [3.05, 3.63) is 76.8 Å². The highest BCUT2D eigenvalue weighted by molar-refractivity contribution is 5.98. The number of carbonyl (C=O) groups excluding carboxylic acids is 6. The van der Waals surface area contributed by atoms with Crippen molar-refractivity contribution in [1.29, 1.82) is 0 Å². The summed E-state index contributed by atoms with van der Waals surface area (Å²) in [6, 6.07) is 4.72. The van der Waals surface area contributed by atoms with Crippen LogP contribution in [0.2, 0.25) is 0 Å². The Morgan fingerprint density at radius 3 is 1.95 bits per heavy atom. The molecule has 0 unspecified atom stereocenters. The monoisotopic (exact) mass is 790 g/mol. The Labute approximate surface area is 331 Å². The van der Waals surface area contributed by atoms with Gasteiger partial charge in [-0.1, -0.05) is 23.8 Å². The largest absolute Gasteiger partial charge is 0.497 e. The minimum Gasteiger partial charge on any atom is -0.497 e. The molecule has 1 fully saturated rings. The van der Waals surface area contributed by atoms with Crippen LogP contribution in [0.5, 0.6) is 17.2 Å². The van der Waals surface area contributed by atoms with Crippen molar-refractivity contribution >= 4 is 35.4 Å². The number of nitrogens with one attached hydrogen (secondary N) is 3. The van der Waals surface area contributed by atoms with Gasteiger partial charge in [-0.25, -0.2) is 4.39 Å². The van der Waals surface area contributed by atoms with Crippen LogP contribution >= 0.6 is 0 Å². The van der Waals surface area contributed by atoms with Gasteiger partial charge in [-0.3, -0.25) is 28.8 Å². The average molecular weight is 791 g/mol. The second-order valence-corrected chi connectivity index (χ2v) is 14.7. The minimum atomic E-state index is -1.24. The van der Waals surface area contributed by atoms with Gasteiger partial charge in [-0.15, -0.1) is 0 Å². The molecule has 3 N–H and O–H groups in total. The van der Waals surface area contributed by atoms with Crippen LogP contribution in [0.15, 0.2) is 65.7 Å². The Morgan fingerprint density at radius 1 is 0.702 bits per heavy atom. The molecule has 0 spiro atoms. The van der Waals surface area contributed by atoms with Crippen LogP contribution in [0, 0.1) is 0 Å². The summed E-state index contributed by atoms with van der Waals surface area (Å²) in [6.07, 6.45) is 1.63. The van der Waals surface area contributed by atoms with Gasteiger partial charge in [0.15, 0.2) is 17.3 Å². The summed E-state index contributed by atoms with van der Waals surface area (Å²) in [5.41, 5.74) is 1.73. The molecule has 16 heteroatoms. The highest BCUT2D eigenvalue weighted by Gasteiger charge is 2.40. The van der Waals surface area contributed by atoms with Crippen LogP contribution in [-0.2, 0) is 41.6 Å². The zero-order valence-electron chi connectivity index (χ0n) is 33.5. The Kier molecular flexibility index (Phi) is 13.3. The quantitative estimate of drug-likeness (QED) is 0.420. The smallest absolute Gasteiger partial charge is 0.246 e. The third kappa shape index (κ3) is 9.55. The van der Waals surface area contributed by atoms with E-state index in [-0.39, 0.29) is 37.2 Å². The van der Waals surface area contributed by atoms with Gasteiger partial charge < -0.3 is 44.9 Å². The summed E-state index contributed by atoms with van der Waals surface area (Å²) in [6.45, 7) is 4.37. The number of amides is 6. The third-order valence-corrected chi connectivity index (χ3v) is 10.8. The average Bonchev–Trinajstić information content (AvgIpc) is 3.19. The van der Waals surface area contributed by atoms with E-state index in [4.69, 9.17) is 14.2 Å². The molecule has 1 aliphatic carbocycles. The van der Waals surface area contributed by atoms with Gasteiger partial charge in [0.1, 0.15) is 47.8 Å². The van der Waals surface area contributed by atoms with Crippen molar-refractivity contribution in [2.45, 2.75) is 89.1 Å². The first-order valence-corrected chi connectivity index (χ1v) is 18.8. The minimum absolute atomic E-state index is 0.0455. The van der Waals surface area contributed by atoms with Gasteiger partial charge in [0.05, 0.1) is 14.2 Å². The summed E-state index contributed by atoms with van der Waals surface area (Å²) in [7, 11) is 7.23. The van der Waals surface area contributed by atoms with E-state index in [2.05, 4.69) is 16.0 Å². The number of allylic oxidation sites excluding steroid dienone is 3. The molecule has 2 aromatic carbocycles. The van der Waals surface area contributed by atoms with Crippen LogP contribution in [0.1, 0.15) is 51.2 Å². The second kappa shape index (κ2) is 17.9. The maximum atomic E-state index is 15.6. The van der Waals surface area contributed by atoms with Crippen molar-refractivity contribution in [3.8, 4) is 17.2 Å². The summed E-state index contributed by atoms with van der Waals surface area (Å²) in [4.78, 5) is 88.0. The van der Waals surface area contributed by atoms with Crippen LogP contribution in [0.3, 0.4) is 0 Å². The predicted molar refractivity (Wildman–Crippen MR) is 207 cm³/mol. The van der Waals surface area contributed by atoms with Crippen molar-refractivity contribution < 1.29 is 47.4 Å². The van der Waals surface area contributed by atoms with Gasteiger partial charge in [-0.05, 0) is 75.1 Å². The molecule has 0 saturated carbocycles. The molecule has 1 saturated heterocycles. The lowest BCUT2D eigenvalue weighted by atomic mass is 9.94. The van der Waals surface area contributed by atoms with E-state index in [0.29, 0.717) is 34.6 Å². The molecule has 57 heavy (non-hydrogen) atoms. The zero-order chi connectivity index (χ0) is 41.7. The molecule has 15 nitrogen and oxygen atoms in total. The van der Waals surface area contributed by atoms with Crippen molar-refractivity contribution in [2.24, 2.45) is 0 Å². The maximum Gasteiger partial charge on any atom is 0.246 e. The molecule has 3 aliphatic heterocycles. The van der Waals surface area contributed by atoms with Crippen LogP contribution < -0.4 is 30.2 Å². The van der Waals surface area contributed by atoms with Crippen molar-refractivity contribution in [2.75, 3.05) is 35.4 Å². The van der Waals surface area contributed by atoms with Gasteiger partial charge in [0.25, 0.3) is 0 Å². The van der Waals surface area contributed by atoms with Crippen molar-refractivity contribution in [1.82, 2.24) is 30.7 Å². The van der Waals surface area contributed by atoms with Gasteiger partial charge in [-0.2, -0.15) is 0 Å². The number of carbonyl (C=O) groups is 6. The summed E-state index contributed by atoms with van der Waals surface area (Å²) in [5, 5.41) is 8.06. The second-order valence-electron chi connectivity index (χ2n) is 14.7. The summed E-state index contributed by atoms with van der Waals surface area (Å²) >= 11 is 0. The topological polar surface area (TPSA) is 176 Å². The molecule has 6 bridgehead atoms. The highest BCUT2D eigenvalue weighted by atomic mass is 19.1. The first-order chi connectivity index (χ1) is 27.0. The van der Waals surface area contributed by atoms with E-state index in [0.717, 1.165) is 0 Å². The van der Waals surface area contributed by atoms with Crippen molar-refractivity contribution in [3.63, 3.8) is 0 Å². The normalized spacial score (nSPS) is 25.8. The number of hydrogen-bond donors (Lipinski definition) is 3. The zero-order valence-corrected chi connectivity index (χ0v) is 33.5. The van der Waals surface area contributed by atoms with E-state index in [1.807, 2.05) is 0 Å². The lowest BCUT2D eigenvalue weighted by Gasteiger charge is -2.37. The number of methoxy groups -OCH3 is 2.